The largest absolute Gasteiger partial charge is 0.309 e. The van der Waals surface area contributed by atoms with Crippen molar-refractivity contribution >= 4 is 65.4 Å². The highest BCUT2D eigenvalue weighted by atomic mass is 15.1. The zero-order chi connectivity index (χ0) is 38.2. The van der Waals surface area contributed by atoms with E-state index in [9.17, 15) is 0 Å². The average molecular weight is 739 g/mol. The summed E-state index contributed by atoms with van der Waals surface area (Å²) in [4.78, 5) is 11.3. The van der Waals surface area contributed by atoms with Gasteiger partial charge in [0.2, 0.25) is 0 Å². The van der Waals surface area contributed by atoms with Gasteiger partial charge in [0, 0.05) is 32.8 Å². The molecule has 0 spiro atoms. The molecule has 0 radical (unpaired) electrons. The van der Waals surface area contributed by atoms with Crippen LogP contribution in [0.1, 0.15) is 0 Å². The third-order valence-corrected chi connectivity index (χ3v) is 11.7. The molecule has 0 atom stereocenters. The monoisotopic (exact) mass is 738 g/mol. The molecule has 0 saturated heterocycles. The lowest BCUT2D eigenvalue weighted by molar-refractivity contribution is 1.08. The minimum Gasteiger partial charge on any atom is -0.309 e. The van der Waals surface area contributed by atoms with Gasteiger partial charge in [0.05, 0.1) is 33.1 Å². The van der Waals surface area contributed by atoms with Crippen LogP contribution < -0.4 is 0 Å². The Balaban J connectivity index is 1.20. The average Bonchev–Trinajstić information content (AvgIpc) is 3.80. The van der Waals surface area contributed by atoms with Crippen LogP contribution in [-0.4, -0.2) is 19.1 Å². The Morgan fingerprint density at radius 2 is 0.810 bits per heavy atom. The molecule has 3 heterocycles. The van der Waals surface area contributed by atoms with Gasteiger partial charge in [-0.1, -0.05) is 146 Å². The molecule has 270 valence electrons. The summed E-state index contributed by atoms with van der Waals surface area (Å²) in [7, 11) is 0. The molecule has 0 unspecified atom stereocenters. The van der Waals surface area contributed by atoms with Crippen molar-refractivity contribution in [3.8, 4) is 45.0 Å². The van der Waals surface area contributed by atoms with Crippen molar-refractivity contribution in [3.63, 3.8) is 0 Å². The fourth-order valence-corrected chi connectivity index (χ4v) is 9.01. The first-order valence-corrected chi connectivity index (χ1v) is 19.7. The molecule has 0 aliphatic carbocycles. The van der Waals surface area contributed by atoms with Crippen molar-refractivity contribution in [2.45, 2.75) is 0 Å². The number of rotatable bonds is 5. The van der Waals surface area contributed by atoms with E-state index in [1.54, 1.807) is 0 Å². The van der Waals surface area contributed by atoms with Crippen molar-refractivity contribution in [1.82, 2.24) is 19.1 Å². The number of hydrogen-bond donors (Lipinski definition) is 0. The number of nitrogens with zero attached hydrogens (tertiary/aromatic N) is 4. The number of benzene rings is 9. The van der Waals surface area contributed by atoms with Crippen LogP contribution in [0.5, 0.6) is 0 Å². The predicted octanol–water partition coefficient (Wildman–Crippen LogP) is 14.0. The summed E-state index contributed by atoms with van der Waals surface area (Å²) in [6, 6.07) is 73.7. The SMILES string of the molecule is c1ccc(-c2cc3nc(-c4ccc5c(c4)c4ccccc4n5-c4ccccc4)c(-n4c5ccccc5c5cc6ccccc6cc54)nc3cc2-c2ccccc2)cc1. The van der Waals surface area contributed by atoms with E-state index in [-0.39, 0.29) is 0 Å². The Hall–Kier alpha value is -7.82. The molecule has 12 aromatic rings. The topological polar surface area (TPSA) is 35.6 Å². The van der Waals surface area contributed by atoms with E-state index >= 15 is 0 Å². The molecule has 0 amide bonds. The van der Waals surface area contributed by atoms with Crippen LogP contribution in [0.4, 0.5) is 0 Å². The van der Waals surface area contributed by atoms with Gasteiger partial charge in [-0.05, 0) is 93.7 Å². The van der Waals surface area contributed by atoms with Crippen molar-refractivity contribution in [2.75, 3.05) is 0 Å². The summed E-state index contributed by atoms with van der Waals surface area (Å²) >= 11 is 0. The van der Waals surface area contributed by atoms with E-state index < -0.39 is 0 Å². The van der Waals surface area contributed by atoms with Gasteiger partial charge in [-0.2, -0.15) is 0 Å². The predicted molar refractivity (Wildman–Crippen MR) is 242 cm³/mol. The minimum absolute atomic E-state index is 0.798. The number of aromatic nitrogens is 4. The van der Waals surface area contributed by atoms with Crippen molar-refractivity contribution in [3.05, 3.63) is 206 Å². The highest BCUT2D eigenvalue weighted by molar-refractivity contribution is 6.14. The van der Waals surface area contributed by atoms with Crippen LogP contribution in [0.3, 0.4) is 0 Å². The van der Waals surface area contributed by atoms with Gasteiger partial charge < -0.3 is 4.57 Å². The zero-order valence-electron chi connectivity index (χ0n) is 31.4. The molecule has 3 aromatic heterocycles. The van der Waals surface area contributed by atoms with Crippen LogP contribution in [0.25, 0.3) is 110 Å². The maximum Gasteiger partial charge on any atom is 0.165 e. The molecule has 58 heavy (non-hydrogen) atoms. The lowest BCUT2D eigenvalue weighted by Gasteiger charge is -2.17. The second-order valence-corrected chi connectivity index (χ2v) is 15.0. The van der Waals surface area contributed by atoms with E-state index in [0.717, 1.165) is 72.6 Å². The first kappa shape index (κ1) is 32.4. The molecule has 4 nitrogen and oxygen atoms in total. The molecule has 4 heteroatoms. The molecular formula is C54H34N4. The second-order valence-electron chi connectivity index (χ2n) is 15.0. The first-order valence-electron chi connectivity index (χ1n) is 19.7. The van der Waals surface area contributed by atoms with E-state index in [0.29, 0.717) is 0 Å². The fraction of sp³-hybridized carbons (Fsp3) is 0. The molecule has 9 aromatic carbocycles. The van der Waals surface area contributed by atoms with Gasteiger partial charge in [-0.25, -0.2) is 9.97 Å². The fourth-order valence-electron chi connectivity index (χ4n) is 9.01. The minimum atomic E-state index is 0.798. The lowest BCUT2D eigenvalue weighted by atomic mass is 9.93. The normalized spacial score (nSPS) is 11.8. The molecule has 0 fully saturated rings. The van der Waals surface area contributed by atoms with Crippen LogP contribution >= 0.6 is 0 Å². The quantitative estimate of drug-likeness (QED) is 0.176. The summed E-state index contributed by atoms with van der Waals surface area (Å²) in [6.07, 6.45) is 0. The smallest absolute Gasteiger partial charge is 0.165 e. The van der Waals surface area contributed by atoms with E-state index in [4.69, 9.17) is 9.97 Å². The van der Waals surface area contributed by atoms with E-state index in [2.05, 4.69) is 215 Å². The maximum atomic E-state index is 5.69. The molecule has 0 N–H and O–H groups in total. The van der Waals surface area contributed by atoms with Gasteiger partial charge in [-0.15, -0.1) is 0 Å². The third-order valence-electron chi connectivity index (χ3n) is 11.7. The van der Waals surface area contributed by atoms with Crippen molar-refractivity contribution < 1.29 is 0 Å². The second kappa shape index (κ2) is 12.9. The molecular weight excluding hydrogens is 705 g/mol. The van der Waals surface area contributed by atoms with Gasteiger partial charge in [-0.3, -0.25) is 4.57 Å². The van der Waals surface area contributed by atoms with E-state index in [1.807, 2.05) is 0 Å². The molecule has 12 rings (SSSR count). The molecule has 0 saturated carbocycles. The first-order chi connectivity index (χ1) is 28.8. The zero-order valence-corrected chi connectivity index (χ0v) is 31.4. The highest BCUT2D eigenvalue weighted by Gasteiger charge is 2.22. The Kier molecular flexibility index (Phi) is 7.20. The van der Waals surface area contributed by atoms with Crippen molar-refractivity contribution in [2.24, 2.45) is 0 Å². The number of para-hydroxylation sites is 3. The summed E-state index contributed by atoms with van der Waals surface area (Å²) in [5.41, 5.74) is 13.7. The Bertz CT molecular complexity index is 3550. The van der Waals surface area contributed by atoms with Crippen LogP contribution in [-0.2, 0) is 0 Å². The molecule has 0 bridgehead atoms. The van der Waals surface area contributed by atoms with Crippen LogP contribution in [0.2, 0.25) is 0 Å². The van der Waals surface area contributed by atoms with E-state index in [1.165, 1.54) is 37.8 Å². The van der Waals surface area contributed by atoms with Crippen LogP contribution in [0, 0.1) is 0 Å². The molecule has 0 aliphatic rings. The van der Waals surface area contributed by atoms with Gasteiger partial charge >= 0.3 is 0 Å². The third kappa shape index (κ3) is 5.02. The van der Waals surface area contributed by atoms with Gasteiger partial charge in [0.25, 0.3) is 0 Å². The highest BCUT2D eigenvalue weighted by Crippen LogP contribution is 2.41. The summed E-state index contributed by atoms with van der Waals surface area (Å²) in [6.45, 7) is 0. The van der Waals surface area contributed by atoms with Crippen LogP contribution in [0.15, 0.2) is 206 Å². The number of hydrogen-bond acceptors (Lipinski definition) is 2. The Morgan fingerprint density at radius 1 is 0.310 bits per heavy atom. The summed E-state index contributed by atoms with van der Waals surface area (Å²) in [5, 5.41) is 7.13. The maximum absolute atomic E-state index is 5.69. The summed E-state index contributed by atoms with van der Waals surface area (Å²) in [5.74, 6) is 0.798. The summed E-state index contributed by atoms with van der Waals surface area (Å²) < 4.78 is 4.69. The van der Waals surface area contributed by atoms with Gasteiger partial charge in [0.1, 0.15) is 5.69 Å². The number of fused-ring (bicyclic) bond motifs is 8. The standard InChI is InChI=1S/C54H34N4/c1-4-16-35(17-5-1)43-33-47-48(34-44(43)36-18-6-2-7-19-36)56-54(58-50-27-15-13-25-42(50)46-30-37-20-10-11-21-38(37)32-52(46)58)53(55-47)39-28-29-51-45(31-39)41-24-12-14-26-49(41)57(51)40-22-8-3-9-23-40/h1-34H. The molecule has 0 aliphatic heterocycles. The van der Waals surface area contributed by atoms with Gasteiger partial charge in [0.15, 0.2) is 5.82 Å². The lowest BCUT2D eigenvalue weighted by Crippen LogP contribution is -2.04. The Morgan fingerprint density at radius 3 is 1.47 bits per heavy atom. The van der Waals surface area contributed by atoms with Crippen molar-refractivity contribution in [1.29, 1.82) is 0 Å². The Labute approximate surface area is 334 Å².